The summed E-state index contributed by atoms with van der Waals surface area (Å²) in [5.74, 6) is -0.639. The number of hydrogen-bond acceptors (Lipinski definition) is 7. The van der Waals surface area contributed by atoms with E-state index in [-0.39, 0.29) is 22.9 Å². The van der Waals surface area contributed by atoms with Crippen LogP contribution in [0.4, 0.5) is 17.5 Å². The molecule has 2 aromatic rings. The first-order valence-electron chi connectivity index (χ1n) is 8.72. The van der Waals surface area contributed by atoms with E-state index in [0.717, 1.165) is 25.7 Å². The predicted molar refractivity (Wildman–Crippen MR) is 104 cm³/mol. The van der Waals surface area contributed by atoms with Crippen LogP contribution in [0.3, 0.4) is 0 Å². The largest absolute Gasteiger partial charge is 0.365 e. The number of rotatable bonds is 6. The standard InChI is InChI=1S/C17H22ClN7O2/c18-11-5-4-10(8-21-11)23-14-12(13(19)26)15(27)25-16(24-14)22-9-17(20)6-2-1-3-7-17/h4-5,8H,1-3,6-7,9,20H2,(H2,19,26)(H3,22,23,24,25,27). The van der Waals surface area contributed by atoms with E-state index in [1.807, 2.05) is 0 Å². The maximum absolute atomic E-state index is 12.3. The molecule has 2 heterocycles. The zero-order chi connectivity index (χ0) is 19.4. The fourth-order valence-electron chi connectivity index (χ4n) is 3.15. The minimum atomic E-state index is -0.887. The molecule has 3 rings (SSSR count). The number of aromatic amines is 1. The van der Waals surface area contributed by atoms with E-state index in [9.17, 15) is 9.59 Å². The van der Waals surface area contributed by atoms with Crippen molar-refractivity contribution < 1.29 is 4.79 Å². The minimum absolute atomic E-state index is 0.0348. The van der Waals surface area contributed by atoms with Gasteiger partial charge in [-0.05, 0) is 25.0 Å². The van der Waals surface area contributed by atoms with Gasteiger partial charge in [0.1, 0.15) is 10.7 Å². The molecule has 9 nitrogen and oxygen atoms in total. The Labute approximate surface area is 160 Å². The summed E-state index contributed by atoms with van der Waals surface area (Å²) in [6, 6.07) is 3.22. The number of amides is 1. The SMILES string of the molecule is NC(=O)c1c(Nc2ccc(Cl)nc2)nc(NCC2(N)CCCCC2)[nH]c1=O. The zero-order valence-electron chi connectivity index (χ0n) is 14.7. The molecule has 0 radical (unpaired) electrons. The van der Waals surface area contributed by atoms with Gasteiger partial charge in [-0.25, -0.2) is 4.98 Å². The lowest BCUT2D eigenvalue weighted by Crippen LogP contribution is -2.48. The monoisotopic (exact) mass is 391 g/mol. The van der Waals surface area contributed by atoms with Crippen molar-refractivity contribution in [1.82, 2.24) is 15.0 Å². The second-order valence-electron chi connectivity index (χ2n) is 6.77. The highest BCUT2D eigenvalue weighted by Gasteiger charge is 2.27. The van der Waals surface area contributed by atoms with E-state index in [2.05, 4.69) is 25.6 Å². The van der Waals surface area contributed by atoms with Gasteiger partial charge in [0, 0.05) is 12.1 Å². The van der Waals surface area contributed by atoms with Crippen molar-refractivity contribution in [1.29, 1.82) is 0 Å². The van der Waals surface area contributed by atoms with Crippen LogP contribution >= 0.6 is 11.6 Å². The van der Waals surface area contributed by atoms with Crippen molar-refractivity contribution in [3.05, 3.63) is 39.4 Å². The van der Waals surface area contributed by atoms with Crippen molar-refractivity contribution in [3.63, 3.8) is 0 Å². The molecule has 0 unspecified atom stereocenters. The maximum atomic E-state index is 12.3. The average Bonchev–Trinajstić information content (AvgIpc) is 2.62. The number of carbonyl (C=O) groups excluding carboxylic acids is 1. The van der Waals surface area contributed by atoms with Crippen molar-refractivity contribution in [3.8, 4) is 0 Å². The Kier molecular flexibility index (Phi) is 5.62. The lowest BCUT2D eigenvalue weighted by atomic mass is 9.82. The number of nitrogens with zero attached hydrogens (tertiary/aromatic N) is 2. The van der Waals surface area contributed by atoms with Crippen LogP contribution in [-0.4, -0.2) is 32.9 Å². The van der Waals surface area contributed by atoms with Crippen LogP contribution in [0, 0.1) is 0 Å². The van der Waals surface area contributed by atoms with Gasteiger partial charge in [-0.3, -0.25) is 14.6 Å². The third-order valence-corrected chi connectivity index (χ3v) is 4.84. The highest BCUT2D eigenvalue weighted by molar-refractivity contribution is 6.29. The number of pyridine rings is 1. The molecular weight excluding hydrogens is 370 g/mol. The number of anilines is 3. The van der Waals surface area contributed by atoms with E-state index in [1.165, 1.54) is 12.6 Å². The number of hydrogen-bond donors (Lipinski definition) is 5. The smallest absolute Gasteiger partial charge is 0.267 e. The predicted octanol–water partition coefficient (Wildman–Crippen LogP) is 1.73. The van der Waals surface area contributed by atoms with Crippen molar-refractivity contribution in [2.24, 2.45) is 11.5 Å². The van der Waals surface area contributed by atoms with Gasteiger partial charge in [0.25, 0.3) is 11.5 Å². The van der Waals surface area contributed by atoms with Crippen LogP contribution in [0.15, 0.2) is 23.1 Å². The molecule has 1 fully saturated rings. The Morgan fingerprint density at radius 1 is 1.30 bits per heavy atom. The van der Waals surface area contributed by atoms with Crippen LogP contribution in [-0.2, 0) is 0 Å². The Balaban J connectivity index is 1.85. The summed E-state index contributed by atoms with van der Waals surface area (Å²) >= 11 is 5.77. The Morgan fingerprint density at radius 3 is 2.67 bits per heavy atom. The van der Waals surface area contributed by atoms with E-state index in [1.54, 1.807) is 12.1 Å². The molecule has 10 heteroatoms. The average molecular weight is 392 g/mol. The van der Waals surface area contributed by atoms with Gasteiger partial charge < -0.3 is 22.1 Å². The Morgan fingerprint density at radius 2 is 2.04 bits per heavy atom. The summed E-state index contributed by atoms with van der Waals surface area (Å²) in [5, 5.41) is 6.28. The highest BCUT2D eigenvalue weighted by atomic mass is 35.5. The van der Waals surface area contributed by atoms with Crippen LogP contribution < -0.4 is 27.7 Å². The van der Waals surface area contributed by atoms with E-state index < -0.39 is 11.5 Å². The first kappa shape index (κ1) is 19.1. The zero-order valence-corrected chi connectivity index (χ0v) is 15.5. The Bertz CT molecular complexity index is 876. The molecule has 27 heavy (non-hydrogen) atoms. The first-order valence-corrected chi connectivity index (χ1v) is 9.10. The van der Waals surface area contributed by atoms with Gasteiger partial charge in [0.2, 0.25) is 5.95 Å². The van der Waals surface area contributed by atoms with Crippen LogP contribution in [0.5, 0.6) is 0 Å². The summed E-state index contributed by atoms with van der Waals surface area (Å²) in [6.07, 6.45) is 6.62. The van der Waals surface area contributed by atoms with Gasteiger partial charge in [-0.2, -0.15) is 4.98 Å². The molecule has 0 bridgehead atoms. The number of primary amides is 1. The molecule has 0 aromatic carbocycles. The summed E-state index contributed by atoms with van der Waals surface area (Å²) in [5.41, 5.74) is 11.0. The highest BCUT2D eigenvalue weighted by Crippen LogP contribution is 2.26. The normalized spacial score (nSPS) is 15.9. The number of H-pyrrole nitrogens is 1. The van der Waals surface area contributed by atoms with E-state index in [4.69, 9.17) is 23.1 Å². The second-order valence-corrected chi connectivity index (χ2v) is 7.16. The molecule has 0 atom stereocenters. The number of halogens is 1. The van der Waals surface area contributed by atoms with Crippen LogP contribution in [0.2, 0.25) is 5.15 Å². The molecule has 1 aliphatic carbocycles. The first-order chi connectivity index (χ1) is 12.9. The molecule has 0 aliphatic heterocycles. The van der Waals surface area contributed by atoms with Gasteiger partial charge in [0.15, 0.2) is 5.82 Å². The third-order valence-electron chi connectivity index (χ3n) is 4.61. The molecular formula is C17H22ClN7O2. The molecule has 144 valence electrons. The van der Waals surface area contributed by atoms with Crippen molar-refractivity contribution in [2.75, 3.05) is 17.2 Å². The molecule has 1 saturated carbocycles. The fraction of sp³-hybridized carbons (Fsp3) is 0.412. The molecule has 0 spiro atoms. The molecule has 1 amide bonds. The van der Waals surface area contributed by atoms with Crippen molar-refractivity contribution in [2.45, 2.75) is 37.6 Å². The minimum Gasteiger partial charge on any atom is -0.365 e. The maximum Gasteiger partial charge on any atom is 0.267 e. The van der Waals surface area contributed by atoms with Gasteiger partial charge in [0.05, 0.1) is 11.9 Å². The quantitative estimate of drug-likeness (QED) is 0.470. The Hall–Kier alpha value is -2.65. The van der Waals surface area contributed by atoms with Crippen molar-refractivity contribution >= 4 is 35.0 Å². The number of carbonyl (C=O) groups is 1. The van der Waals surface area contributed by atoms with Crippen LogP contribution in [0.1, 0.15) is 42.5 Å². The third kappa shape index (κ3) is 4.75. The van der Waals surface area contributed by atoms with Gasteiger partial charge in [-0.1, -0.05) is 30.9 Å². The van der Waals surface area contributed by atoms with E-state index in [0.29, 0.717) is 17.4 Å². The number of nitrogens with two attached hydrogens (primary N) is 2. The molecule has 7 N–H and O–H groups in total. The second kappa shape index (κ2) is 7.93. The number of nitrogens with one attached hydrogen (secondary N) is 3. The summed E-state index contributed by atoms with van der Waals surface area (Å²) in [6.45, 7) is 0.466. The van der Waals surface area contributed by atoms with E-state index >= 15 is 0 Å². The lowest BCUT2D eigenvalue weighted by Gasteiger charge is -2.33. The fourth-order valence-corrected chi connectivity index (χ4v) is 3.27. The van der Waals surface area contributed by atoms with Gasteiger partial charge >= 0.3 is 0 Å². The summed E-state index contributed by atoms with van der Waals surface area (Å²) < 4.78 is 0. The number of aromatic nitrogens is 3. The summed E-state index contributed by atoms with van der Waals surface area (Å²) in [4.78, 5) is 34.8. The van der Waals surface area contributed by atoms with Gasteiger partial charge in [-0.15, -0.1) is 0 Å². The molecule has 1 aliphatic rings. The lowest BCUT2D eigenvalue weighted by molar-refractivity contribution is 0.0999. The molecule has 2 aromatic heterocycles. The van der Waals surface area contributed by atoms with Crippen LogP contribution in [0.25, 0.3) is 0 Å². The molecule has 0 saturated heterocycles. The summed E-state index contributed by atoms with van der Waals surface area (Å²) in [7, 11) is 0. The topological polar surface area (TPSA) is 152 Å².